The smallest absolute Gasteiger partial charge is 0.119 e. The Hall–Kier alpha value is -1.96. The summed E-state index contributed by atoms with van der Waals surface area (Å²) in [6.45, 7) is 6.22. The lowest BCUT2D eigenvalue weighted by Crippen LogP contribution is -2.23. The molecule has 2 rings (SSSR count). The molecule has 2 heteroatoms. The maximum Gasteiger partial charge on any atom is 0.119 e. The summed E-state index contributed by atoms with van der Waals surface area (Å²) in [6.07, 6.45) is 1.21. The van der Waals surface area contributed by atoms with Gasteiger partial charge in [0, 0.05) is 19.3 Å². The second-order valence-electron chi connectivity index (χ2n) is 5.66. The van der Waals surface area contributed by atoms with Gasteiger partial charge in [0.05, 0.1) is 0 Å². The number of anilines is 1. The van der Waals surface area contributed by atoms with Crippen molar-refractivity contribution in [3.63, 3.8) is 0 Å². The lowest BCUT2D eigenvalue weighted by Gasteiger charge is -2.23. The zero-order valence-corrected chi connectivity index (χ0v) is 13.3. The summed E-state index contributed by atoms with van der Waals surface area (Å²) in [5, 5.41) is 0. The summed E-state index contributed by atoms with van der Waals surface area (Å²) in [6, 6.07) is 18.6. The zero-order chi connectivity index (χ0) is 15.1. The van der Waals surface area contributed by atoms with Crippen molar-refractivity contribution >= 4 is 5.69 Å². The van der Waals surface area contributed by atoms with E-state index in [1.54, 1.807) is 0 Å². The van der Waals surface area contributed by atoms with Crippen molar-refractivity contribution in [3.8, 4) is 5.75 Å². The third-order valence-electron chi connectivity index (χ3n) is 3.81. The lowest BCUT2D eigenvalue weighted by molar-refractivity contribution is 0.306. The minimum absolute atomic E-state index is 0.614. The minimum Gasteiger partial charge on any atom is -0.489 e. The second-order valence-corrected chi connectivity index (χ2v) is 5.66. The lowest BCUT2D eigenvalue weighted by atomic mass is 10.1. The fourth-order valence-corrected chi connectivity index (χ4v) is 2.24. The molecule has 112 valence electrons. The Morgan fingerprint density at radius 3 is 2.29 bits per heavy atom. The average molecular weight is 283 g/mol. The molecular formula is C19H25NO. The van der Waals surface area contributed by atoms with Crippen LogP contribution in [0.1, 0.15) is 25.8 Å². The topological polar surface area (TPSA) is 12.5 Å². The highest BCUT2D eigenvalue weighted by molar-refractivity contribution is 5.48. The van der Waals surface area contributed by atoms with Crippen LogP contribution in [0.5, 0.6) is 5.75 Å². The van der Waals surface area contributed by atoms with Gasteiger partial charge in [-0.3, -0.25) is 0 Å². The number of hydrogen-bond donors (Lipinski definition) is 0. The molecule has 0 saturated carbocycles. The van der Waals surface area contributed by atoms with Crippen LogP contribution < -0.4 is 9.64 Å². The summed E-state index contributed by atoms with van der Waals surface area (Å²) in [4.78, 5) is 2.30. The van der Waals surface area contributed by atoms with Gasteiger partial charge in [0.15, 0.2) is 0 Å². The summed E-state index contributed by atoms with van der Waals surface area (Å²) in [7, 11) is 2.14. The van der Waals surface area contributed by atoms with E-state index in [4.69, 9.17) is 4.74 Å². The molecule has 0 fully saturated rings. The monoisotopic (exact) mass is 283 g/mol. The highest BCUT2D eigenvalue weighted by Crippen LogP contribution is 2.20. The van der Waals surface area contributed by atoms with Gasteiger partial charge >= 0.3 is 0 Å². The highest BCUT2D eigenvalue weighted by Gasteiger charge is 2.05. The molecule has 21 heavy (non-hydrogen) atoms. The second kappa shape index (κ2) is 7.72. The molecule has 0 aliphatic carbocycles. The zero-order valence-electron chi connectivity index (χ0n) is 13.3. The standard InChI is InChI=1S/C19H25NO/c1-4-16(2)14-20(3)18-10-12-19(13-11-18)21-15-17-8-6-5-7-9-17/h5-13,16H,4,14-15H2,1-3H3/t16-/m0/s1. The first-order chi connectivity index (χ1) is 10.2. The molecule has 0 amide bonds. The molecule has 0 spiro atoms. The van der Waals surface area contributed by atoms with E-state index in [9.17, 15) is 0 Å². The Balaban J connectivity index is 1.89. The maximum atomic E-state index is 5.81. The molecule has 0 bridgehead atoms. The van der Waals surface area contributed by atoms with E-state index in [-0.39, 0.29) is 0 Å². The fourth-order valence-electron chi connectivity index (χ4n) is 2.24. The van der Waals surface area contributed by atoms with Gasteiger partial charge in [-0.15, -0.1) is 0 Å². The summed E-state index contributed by atoms with van der Waals surface area (Å²) < 4.78 is 5.81. The van der Waals surface area contributed by atoms with Crippen molar-refractivity contribution in [2.45, 2.75) is 26.9 Å². The van der Waals surface area contributed by atoms with E-state index in [0.717, 1.165) is 12.3 Å². The van der Waals surface area contributed by atoms with E-state index in [1.807, 2.05) is 30.3 Å². The van der Waals surface area contributed by atoms with E-state index >= 15 is 0 Å². The van der Waals surface area contributed by atoms with Gasteiger partial charge in [0.25, 0.3) is 0 Å². The largest absolute Gasteiger partial charge is 0.489 e. The van der Waals surface area contributed by atoms with Crippen LogP contribution in [-0.2, 0) is 6.61 Å². The Morgan fingerprint density at radius 1 is 1.00 bits per heavy atom. The van der Waals surface area contributed by atoms with Crippen molar-refractivity contribution in [2.75, 3.05) is 18.5 Å². The summed E-state index contributed by atoms with van der Waals surface area (Å²) in [5.41, 5.74) is 2.43. The first-order valence-electron chi connectivity index (χ1n) is 7.67. The molecule has 0 saturated heterocycles. The molecule has 0 heterocycles. The van der Waals surface area contributed by atoms with Crippen LogP contribution >= 0.6 is 0 Å². The van der Waals surface area contributed by atoms with Gasteiger partial charge in [-0.05, 0) is 35.7 Å². The van der Waals surface area contributed by atoms with Crippen LogP contribution in [0.15, 0.2) is 54.6 Å². The molecule has 0 aliphatic heterocycles. The highest BCUT2D eigenvalue weighted by atomic mass is 16.5. The summed E-state index contributed by atoms with van der Waals surface area (Å²) >= 11 is 0. The van der Waals surface area contributed by atoms with Gasteiger partial charge < -0.3 is 9.64 Å². The first-order valence-corrected chi connectivity index (χ1v) is 7.67. The molecule has 2 aromatic carbocycles. The predicted molar refractivity (Wildman–Crippen MR) is 89.9 cm³/mol. The first kappa shape index (κ1) is 15.4. The number of benzene rings is 2. The molecule has 0 radical (unpaired) electrons. The van der Waals surface area contributed by atoms with Crippen molar-refractivity contribution in [2.24, 2.45) is 5.92 Å². The third-order valence-corrected chi connectivity index (χ3v) is 3.81. The predicted octanol–water partition coefficient (Wildman–Crippen LogP) is 4.75. The quantitative estimate of drug-likeness (QED) is 0.727. The molecule has 0 unspecified atom stereocenters. The van der Waals surface area contributed by atoms with Gasteiger partial charge in [-0.2, -0.15) is 0 Å². The van der Waals surface area contributed by atoms with Crippen LogP contribution in [0.4, 0.5) is 5.69 Å². The number of nitrogens with zero attached hydrogens (tertiary/aromatic N) is 1. The normalized spacial score (nSPS) is 12.0. The molecular weight excluding hydrogens is 258 g/mol. The van der Waals surface area contributed by atoms with Gasteiger partial charge in [0.2, 0.25) is 0 Å². The van der Waals surface area contributed by atoms with Gasteiger partial charge in [-0.25, -0.2) is 0 Å². The molecule has 0 aliphatic rings. The Bertz CT molecular complexity index is 521. The molecule has 2 aromatic rings. The number of rotatable bonds is 7. The number of ether oxygens (including phenoxy) is 1. The fraction of sp³-hybridized carbons (Fsp3) is 0.368. The van der Waals surface area contributed by atoms with E-state index in [0.29, 0.717) is 12.5 Å². The summed E-state index contributed by atoms with van der Waals surface area (Å²) in [5.74, 6) is 1.63. The van der Waals surface area contributed by atoms with Gasteiger partial charge in [0.1, 0.15) is 12.4 Å². The average Bonchev–Trinajstić information content (AvgIpc) is 2.54. The molecule has 2 nitrogen and oxygen atoms in total. The number of hydrogen-bond acceptors (Lipinski definition) is 2. The van der Waals surface area contributed by atoms with Crippen LogP contribution in [0.2, 0.25) is 0 Å². The van der Waals surface area contributed by atoms with E-state index in [2.05, 4.69) is 50.1 Å². The molecule has 0 aromatic heterocycles. The SMILES string of the molecule is CC[C@H](C)CN(C)c1ccc(OCc2ccccc2)cc1. The Morgan fingerprint density at radius 2 is 1.67 bits per heavy atom. The van der Waals surface area contributed by atoms with Crippen molar-refractivity contribution in [1.82, 2.24) is 0 Å². The minimum atomic E-state index is 0.614. The van der Waals surface area contributed by atoms with Crippen molar-refractivity contribution in [1.29, 1.82) is 0 Å². The van der Waals surface area contributed by atoms with E-state index < -0.39 is 0 Å². The Labute approximate surface area is 128 Å². The van der Waals surface area contributed by atoms with Gasteiger partial charge in [-0.1, -0.05) is 50.6 Å². The van der Waals surface area contributed by atoms with Crippen molar-refractivity contribution < 1.29 is 4.74 Å². The van der Waals surface area contributed by atoms with Crippen molar-refractivity contribution in [3.05, 3.63) is 60.2 Å². The van der Waals surface area contributed by atoms with Crippen LogP contribution in [0.3, 0.4) is 0 Å². The van der Waals surface area contributed by atoms with Crippen LogP contribution in [0.25, 0.3) is 0 Å². The van der Waals surface area contributed by atoms with E-state index in [1.165, 1.54) is 17.7 Å². The van der Waals surface area contributed by atoms with Crippen LogP contribution in [0, 0.1) is 5.92 Å². The third kappa shape index (κ3) is 4.82. The van der Waals surface area contributed by atoms with Crippen LogP contribution in [-0.4, -0.2) is 13.6 Å². The molecule has 1 atom stereocenters. The maximum absolute atomic E-state index is 5.81. The molecule has 0 N–H and O–H groups in total. The Kier molecular flexibility index (Phi) is 5.68.